The van der Waals surface area contributed by atoms with E-state index in [0.29, 0.717) is 9.13 Å². The van der Waals surface area contributed by atoms with Gasteiger partial charge in [-0.05, 0) is 81.2 Å². The summed E-state index contributed by atoms with van der Waals surface area (Å²) in [5, 5.41) is -9.65. The second-order valence-corrected chi connectivity index (χ2v) is 19.9. The molecule has 0 aliphatic rings. The fourth-order valence-corrected chi connectivity index (χ4v) is 13.0. The van der Waals surface area contributed by atoms with Crippen LogP contribution in [0.15, 0.2) is 278 Å². The van der Waals surface area contributed by atoms with E-state index in [1.807, 2.05) is 0 Å². The number of para-hydroxylation sites is 7. The van der Waals surface area contributed by atoms with Crippen molar-refractivity contribution >= 4 is 94.2 Å². The maximum Gasteiger partial charge on any atom is 0.238 e. The molecule has 6 nitrogen and oxygen atoms in total. The number of nitrogens with zero attached hydrogens (tertiary/aromatic N) is 6. The van der Waals surface area contributed by atoms with Crippen LogP contribution in [0.1, 0.15) is 57.6 Å². The molecular weight excluding hydrogens is 941 g/mol. The molecule has 76 heavy (non-hydrogen) atoms. The van der Waals surface area contributed by atoms with Crippen molar-refractivity contribution in [1.82, 2.24) is 28.7 Å². The topological polar surface area (TPSA) is 53.5 Å². The van der Waals surface area contributed by atoms with Crippen molar-refractivity contribution in [2.24, 2.45) is 0 Å². The monoisotopic (exact) mass is 1030 g/mol. The quantitative estimate of drug-likeness (QED) is 0.107. The molecule has 4 heterocycles. The molecule has 0 aliphatic heterocycles. The predicted molar refractivity (Wildman–Crippen MR) is 317 cm³/mol. The average Bonchev–Trinajstić information content (AvgIpc) is 0.838. The lowest BCUT2D eigenvalue weighted by molar-refractivity contribution is 0.950. The number of benzene rings is 11. The molecule has 15 rings (SSSR count). The Labute approximate surface area is 498 Å². The lowest BCUT2D eigenvalue weighted by Gasteiger charge is -2.35. The largest absolute Gasteiger partial charge is 0.309 e. The third-order valence-corrected chi connectivity index (χ3v) is 16.5. The minimum atomic E-state index is -7.01. The van der Waals surface area contributed by atoms with Gasteiger partial charge in [0, 0.05) is 43.4 Å². The van der Waals surface area contributed by atoms with E-state index in [4.69, 9.17) is 32.8 Å². The van der Waals surface area contributed by atoms with Crippen molar-refractivity contribution in [2.75, 3.05) is 0 Å². The van der Waals surface area contributed by atoms with E-state index in [1.54, 1.807) is 0 Å². The van der Waals surface area contributed by atoms with Crippen LogP contribution in [0.3, 0.4) is 0 Å². The Bertz CT molecular complexity index is 6810. The van der Waals surface area contributed by atoms with E-state index in [-0.39, 0.29) is 0 Å². The molecule has 4 aromatic heterocycles. The Morgan fingerprint density at radius 3 is 1.05 bits per heavy atom. The zero-order valence-electron chi connectivity index (χ0n) is 80.0. The first kappa shape index (κ1) is 18.8. The molecule has 0 N–H and O–H groups in total. The minimum Gasteiger partial charge on any atom is -0.309 e. The zero-order valence-corrected chi connectivity index (χ0v) is 39.0. The summed E-state index contributed by atoms with van der Waals surface area (Å²) in [5.41, 5.74) is -8.42. The highest BCUT2D eigenvalue weighted by Crippen LogP contribution is 2.40. The summed E-state index contributed by atoms with van der Waals surface area (Å²) in [6.45, 7) is 0. The molecular formula is C69H46N6Si. The van der Waals surface area contributed by atoms with Crippen molar-refractivity contribution in [3.63, 3.8) is 0 Å². The van der Waals surface area contributed by atoms with Gasteiger partial charge < -0.3 is 9.13 Å². The van der Waals surface area contributed by atoms with Gasteiger partial charge in [-0.25, -0.2) is 4.98 Å². The first-order valence-electron chi connectivity index (χ1n) is 43.4. The van der Waals surface area contributed by atoms with Crippen molar-refractivity contribution in [1.29, 1.82) is 0 Å². The predicted octanol–water partition coefficient (Wildman–Crippen LogP) is 13.9. The van der Waals surface area contributed by atoms with Gasteiger partial charge in [0.2, 0.25) is 5.95 Å². The standard InChI is InChI=1S/C69H46N6Si/c1-4-24-47(25-5-1)76(48-26-6-2-7-27-48,49-28-8-3-9-29-49)50-44-45-66(74-61-39-19-12-32-53(61)54-33-13-20-40-62(54)74)58(46-50)68-70-67(71-69(72-68)75-63-41-21-14-34-55(63)56-35-15-22-42-64(56)75)57-36-16-23-43-65(57)73-59-37-17-10-30-51(59)52-31-11-18-38-60(52)73/h1-46H/i1D,2D,3D,4D,5D,6D,7D,8D,9D,10D,11D,12D,13D,14D,15D,17D,18D,19D,20D,21D,22D,24D,25D,26D,27D,28D,29D,30D,31D,32D,33D,34D,35D,37D,38D,39D,40D,41D,42D,44D,45D,46D. The van der Waals surface area contributed by atoms with Crippen LogP contribution >= 0.6 is 0 Å². The molecule has 0 bridgehead atoms. The molecule has 0 aliphatic carbocycles. The Hall–Kier alpha value is -9.95. The lowest BCUT2D eigenvalue weighted by Crippen LogP contribution is -2.74. The van der Waals surface area contributed by atoms with Gasteiger partial charge >= 0.3 is 0 Å². The SMILES string of the molecule is [2H]c1c([2H])c([2H])c([Si](c2c([2H])c([2H])c([2H])c([2H])c2[2H])(c2c([2H])c([2H])c([2H])c([2H])c2[2H])c2c([2H])c([2H])c(-n3c4c([2H])c([2H])c([2H])c([2H])c4c4c([2H])c([2H])c([2H])c([2H])c43)c(-c3nc(-c4ccccc4-n4c5c([2H])c([2H])c([2H])c([2H])c5c5c([2H])c([2H])c([2H])c([2H])c54)nc(-n4c5c([2H])c([2H])c([2H])c([2H])c5c5c([2H])c([2H])c([2H])c([2H])c54)n3)c2[2H])c([2H])c1[2H]. The van der Waals surface area contributed by atoms with Crippen LogP contribution in [0.25, 0.3) is 106 Å². The van der Waals surface area contributed by atoms with E-state index in [0.717, 1.165) is 10.6 Å². The number of rotatable bonds is 9. The van der Waals surface area contributed by atoms with Crippen molar-refractivity contribution in [3.05, 3.63) is 278 Å². The zero-order chi connectivity index (χ0) is 86.7. The van der Waals surface area contributed by atoms with Crippen molar-refractivity contribution in [3.8, 4) is 40.1 Å². The summed E-state index contributed by atoms with van der Waals surface area (Å²) in [4.78, 5) is 14.7. The van der Waals surface area contributed by atoms with Crippen LogP contribution in [0, 0.1) is 0 Å². The van der Waals surface area contributed by atoms with Crippen LogP contribution < -0.4 is 20.7 Å². The number of hydrogen-bond acceptors (Lipinski definition) is 3. The van der Waals surface area contributed by atoms with Gasteiger partial charge in [0.05, 0.1) is 102 Å². The van der Waals surface area contributed by atoms with Gasteiger partial charge in [-0.1, -0.05) is 218 Å². The van der Waals surface area contributed by atoms with E-state index < -0.39 is 388 Å². The van der Waals surface area contributed by atoms with Crippen molar-refractivity contribution < 1.29 is 57.6 Å². The number of aromatic nitrogens is 6. The lowest BCUT2D eigenvalue weighted by atomic mass is 10.1. The second kappa shape index (κ2) is 17.6. The molecule has 7 heteroatoms. The fourth-order valence-electron chi connectivity index (χ4n) is 9.46. The van der Waals surface area contributed by atoms with E-state index in [2.05, 4.69) is 0 Å². The van der Waals surface area contributed by atoms with Crippen molar-refractivity contribution in [2.45, 2.75) is 0 Å². The van der Waals surface area contributed by atoms with Crippen LogP contribution in [0.4, 0.5) is 0 Å². The molecule has 0 unspecified atom stereocenters. The van der Waals surface area contributed by atoms with Crippen LogP contribution in [-0.2, 0) is 0 Å². The van der Waals surface area contributed by atoms with Gasteiger partial charge in [0.15, 0.2) is 19.7 Å². The van der Waals surface area contributed by atoms with E-state index in [9.17, 15) is 39.8 Å². The molecule has 15 aromatic rings. The molecule has 356 valence electrons. The molecule has 0 radical (unpaired) electrons. The van der Waals surface area contributed by atoms with Crippen LogP contribution in [0.2, 0.25) is 0 Å². The first-order chi connectivity index (χ1) is 55.2. The highest BCUT2D eigenvalue weighted by atomic mass is 28.3. The Balaban J connectivity index is 1.32. The van der Waals surface area contributed by atoms with Gasteiger partial charge in [-0.15, -0.1) is 0 Å². The maximum absolute atomic E-state index is 11.5. The average molecular weight is 1030 g/mol. The number of fused-ring (bicyclic) bond motifs is 9. The fraction of sp³-hybridized carbons (Fsp3) is 0. The molecule has 0 atom stereocenters. The van der Waals surface area contributed by atoms with Crippen LogP contribution in [0.5, 0.6) is 0 Å². The second-order valence-electron chi connectivity index (χ2n) is 16.4. The highest BCUT2D eigenvalue weighted by Gasteiger charge is 2.42. The Kier molecular flexibility index (Phi) is 4.35. The molecule has 0 amide bonds. The smallest absolute Gasteiger partial charge is 0.238 e. The summed E-state index contributed by atoms with van der Waals surface area (Å²) in [7, 11) is -7.01. The van der Waals surface area contributed by atoms with Gasteiger partial charge in [0.1, 0.15) is 0 Å². The summed E-state index contributed by atoms with van der Waals surface area (Å²) < 4.78 is 401. The normalized spacial score (nSPS) is 19.7. The Morgan fingerprint density at radius 2 is 0.632 bits per heavy atom. The van der Waals surface area contributed by atoms with Gasteiger partial charge in [0.25, 0.3) is 0 Å². The maximum atomic E-state index is 11.5. The third kappa shape index (κ3) is 6.62. The Morgan fingerprint density at radius 1 is 0.289 bits per heavy atom. The summed E-state index contributed by atoms with van der Waals surface area (Å²) in [5.74, 6) is -3.50. The van der Waals surface area contributed by atoms with Crippen LogP contribution in [-0.4, -0.2) is 36.7 Å². The van der Waals surface area contributed by atoms with E-state index >= 15 is 0 Å². The molecule has 0 fully saturated rings. The molecule has 0 saturated heterocycles. The molecule has 0 spiro atoms. The first-order valence-corrected chi connectivity index (χ1v) is 24.4. The third-order valence-electron chi connectivity index (χ3n) is 12.5. The highest BCUT2D eigenvalue weighted by molar-refractivity contribution is 7.20. The van der Waals surface area contributed by atoms with Gasteiger partial charge in [-0.2, -0.15) is 9.97 Å². The van der Waals surface area contributed by atoms with Gasteiger partial charge in [-0.3, -0.25) is 4.57 Å². The summed E-state index contributed by atoms with van der Waals surface area (Å²) >= 11 is 0. The molecule has 11 aromatic carbocycles. The minimum absolute atomic E-state index is 0.467. The van der Waals surface area contributed by atoms with E-state index in [1.165, 1.54) is 18.2 Å². The number of hydrogen-bond donors (Lipinski definition) is 0. The molecule has 0 saturated carbocycles. The summed E-state index contributed by atoms with van der Waals surface area (Å²) in [6, 6.07) is -45.3. The summed E-state index contributed by atoms with van der Waals surface area (Å²) in [6.07, 6.45) is 0.